The van der Waals surface area contributed by atoms with E-state index >= 15 is 0 Å². The van der Waals surface area contributed by atoms with E-state index in [1.165, 1.54) is 11.3 Å². The minimum absolute atomic E-state index is 0.335. The standard InChI is InChI=1S/C31H35N5O6S/c1-31(2,3)42-29(37)32-20-8-10-21(11-9-20)35-12-6-7-19(16-35)18-40-25-13-22(38-4)14-26-23(25)15-27(41-26)24-17-36-28(33-24)43-30(34-36)39-5/h8-11,13-15,17,19H,6-7,12,16,18H2,1-5H3,(H,32,37). The Kier molecular flexibility index (Phi) is 7.78. The maximum absolute atomic E-state index is 12.1. The van der Waals surface area contributed by atoms with Crippen LogP contribution >= 0.6 is 11.3 Å². The summed E-state index contributed by atoms with van der Waals surface area (Å²) in [5.41, 5.74) is 2.60. The zero-order valence-electron chi connectivity index (χ0n) is 24.9. The van der Waals surface area contributed by atoms with Crippen molar-refractivity contribution in [3.8, 4) is 28.1 Å². The van der Waals surface area contributed by atoms with Crippen LogP contribution in [-0.2, 0) is 4.74 Å². The molecule has 12 heteroatoms. The second kappa shape index (κ2) is 11.7. The van der Waals surface area contributed by atoms with Crippen molar-refractivity contribution >= 4 is 44.7 Å². The number of rotatable bonds is 8. The third-order valence-corrected chi connectivity index (χ3v) is 8.02. The van der Waals surface area contributed by atoms with Crippen LogP contribution in [0.2, 0.25) is 0 Å². The Morgan fingerprint density at radius 3 is 2.67 bits per heavy atom. The Labute approximate surface area is 253 Å². The molecule has 1 fully saturated rings. The topological polar surface area (TPSA) is 113 Å². The first-order valence-corrected chi connectivity index (χ1v) is 15.0. The maximum Gasteiger partial charge on any atom is 0.412 e. The van der Waals surface area contributed by atoms with E-state index in [1.807, 2.05) is 69.4 Å². The molecule has 1 unspecified atom stereocenters. The lowest BCUT2D eigenvalue weighted by Crippen LogP contribution is -2.37. The highest BCUT2D eigenvalue weighted by atomic mass is 32.1. The fraction of sp³-hybridized carbons (Fsp3) is 0.387. The summed E-state index contributed by atoms with van der Waals surface area (Å²) in [6.45, 7) is 7.91. The molecular weight excluding hydrogens is 570 g/mol. The van der Waals surface area contributed by atoms with E-state index in [2.05, 4.69) is 20.3 Å². The zero-order chi connectivity index (χ0) is 30.1. The summed E-state index contributed by atoms with van der Waals surface area (Å²) in [5.74, 6) is 2.32. The Morgan fingerprint density at radius 2 is 1.95 bits per heavy atom. The molecule has 0 saturated carbocycles. The third kappa shape index (κ3) is 6.48. The van der Waals surface area contributed by atoms with Crippen LogP contribution in [0.4, 0.5) is 16.2 Å². The van der Waals surface area contributed by atoms with E-state index in [4.69, 9.17) is 23.4 Å². The maximum atomic E-state index is 12.1. The summed E-state index contributed by atoms with van der Waals surface area (Å²) in [5, 5.41) is 8.55. The van der Waals surface area contributed by atoms with Crippen LogP contribution in [0.25, 0.3) is 27.4 Å². The summed E-state index contributed by atoms with van der Waals surface area (Å²) in [6, 6.07) is 13.6. The van der Waals surface area contributed by atoms with Crippen LogP contribution < -0.4 is 24.4 Å². The molecule has 1 amide bonds. The van der Waals surface area contributed by atoms with Crippen molar-refractivity contribution in [1.82, 2.24) is 14.6 Å². The summed E-state index contributed by atoms with van der Waals surface area (Å²) in [6.07, 6.45) is 3.49. The zero-order valence-corrected chi connectivity index (χ0v) is 25.7. The van der Waals surface area contributed by atoms with E-state index in [0.717, 1.165) is 42.0 Å². The molecule has 4 heterocycles. The molecule has 1 aliphatic heterocycles. The van der Waals surface area contributed by atoms with Gasteiger partial charge in [-0.15, -0.1) is 5.10 Å². The predicted molar refractivity (Wildman–Crippen MR) is 166 cm³/mol. The van der Waals surface area contributed by atoms with Crippen molar-refractivity contribution in [3.63, 3.8) is 0 Å². The van der Waals surface area contributed by atoms with E-state index in [0.29, 0.717) is 51.9 Å². The van der Waals surface area contributed by atoms with Crippen LogP contribution in [0.3, 0.4) is 0 Å². The van der Waals surface area contributed by atoms with Gasteiger partial charge in [0.15, 0.2) is 5.76 Å². The summed E-state index contributed by atoms with van der Waals surface area (Å²) >= 11 is 1.36. The monoisotopic (exact) mass is 605 g/mol. The number of amides is 1. The number of methoxy groups -OCH3 is 2. The van der Waals surface area contributed by atoms with Crippen molar-refractivity contribution in [3.05, 3.63) is 48.7 Å². The fourth-order valence-corrected chi connectivity index (χ4v) is 5.85. The molecule has 2 aromatic carbocycles. The first-order chi connectivity index (χ1) is 20.7. The molecule has 5 aromatic rings. The summed E-state index contributed by atoms with van der Waals surface area (Å²) in [7, 11) is 3.22. The number of fused-ring (bicyclic) bond motifs is 2. The SMILES string of the molecule is COc1cc(OCC2CCCN(c3ccc(NC(=O)OC(C)(C)C)cc3)C2)c2cc(-c3cn4nc(OC)sc4n3)oc2c1. The number of nitrogens with zero attached hydrogens (tertiary/aromatic N) is 4. The van der Waals surface area contributed by atoms with Crippen LogP contribution in [0.1, 0.15) is 33.6 Å². The van der Waals surface area contributed by atoms with Gasteiger partial charge in [0.2, 0.25) is 4.96 Å². The molecule has 43 heavy (non-hydrogen) atoms. The molecule has 11 nitrogen and oxygen atoms in total. The number of hydrogen-bond acceptors (Lipinski definition) is 10. The van der Waals surface area contributed by atoms with Gasteiger partial charge in [-0.2, -0.15) is 0 Å². The lowest BCUT2D eigenvalue weighted by atomic mass is 9.98. The van der Waals surface area contributed by atoms with Gasteiger partial charge in [0, 0.05) is 42.5 Å². The Balaban J connectivity index is 1.13. The minimum atomic E-state index is -0.546. The van der Waals surface area contributed by atoms with Crippen LogP contribution in [0, 0.1) is 5.92 Å². The number of ether oxygens (including phenoxy) is 4. The average Bonchev–Trinajstić information content (AvgIpc) is 3.68. The second-order valence-corrected chi connectivity index (χ2v) is 12.4. The van der Waals surface area contributed by atoms with Gasteiger partial charge in [-0.25, -0.2) is 14.3 Å². The Bertz CT molecular complexity index is 1700. The molecule has 1 N–H and O–H groups in total. The minimum Gasteiger partial charge on any atom is -0.496 e. The normalized spacial score (nSPS) is 15.6. The van der Waals surface area contributed by atoms with Gasteiger partial charge in [0.25, 0.3) is 5.19 Å². The molecule has 0 bridgehead atoms. The van der Waals surface area contributed by atoms with Gasteiger partial charge < -0.3 is 28.3 Å². The number of benzene rings is 2. The lowest BCUT2D eigenvalue weighted by molar-refractivity contribution is 0.0636. The van der Waals surface area contributed by atoms with Crippen molar-refractivity contribution in [1.29, 1.82) is 0 Å². The number of furan rings is 1. The van der Waals surface area contributed by atoms with Crippen molar-refractivity contribution in [2.45, 2.75) is 39.2 Å². The fourth-order valence-electron chi connectivity index (χ4n) is 5.15. The second-order valence-electron chi connectivity index (χ2n) is 11.5. The van der Waals surface area contributed by atoms with Crippen molar-refractivity contribution in [2.75, 3.05) is 44.1 Å². The van der Waals surface area contributed by atoms with Crippen molar-refractivity contribution in [2.24, 2.45) is 5.92 Å². The number of aromatic nitrogens is 3. The molecule has 0 spiro atoms. The lowest BCUT2D eigenvalue weighted by Gasteiger charge is -2.34. The van der Waals surface area contributed by atoms with E-state index in [1.54, 1.807) is 18.7 Å². The van der Waals surface area contributed by atoms with E-state index < -0.39 is 11.7 Å². The van der Waals surface area contributed by atoms with Crippen LogP contribution in [-0.4, -0.2) is 60.2 Å². The number of carbonyl (C=O) groups is 1. The average molecular weight is 606 g/mol. The number of nitrogens with one attached hydrogen (secondary N) is 1. The highest BCUT2D eigenvalue weighted by molar-refractivity contribution is 7.18. The molecule has 0 aliphatic carbocycles. The Hall–Kier alpha value is -4.45. The Morgan fingerprint density at radius 1 is 1.14 bits per heavy atom. The van der Waals surface area contributed by atoms with Crippen LogP contribution in [0.5, 0.6) is 16.7 Å². The number of hydrogen-bond donors (Lipinski definition) is 1. The highest BCUT2D eigenvalue weighted by Gasteiger charge is 2.23. The smallest absolute Gasteiger partial charge is 0.412 e. The van der Waals surface area contributed by atoms with E-state index in [-0.39, 0.29) is 0 Å². The first-order valence-electron chi connectivity index (χ1n) is 14.2. The van der Waals surface area contributed by atoms with Crippen molar-refractivity contribution < 1.29 is 28.2 Å². The quantitative estimate of drug-likeness (QED) is 0.203. The number of anilines is 2. The number of imidazole rings is 1. The number of carbonyl (C=O) groups excluding carboxylic acids is 1. The summed E-state index contributed by atoms with van der Waals surface area (Å²) < 4.78 is 30.4. The van der Waals surface area contributed by atoms with Gasteiger partial charge in [0.1, 0.15) is 28.4 Å². The van der Waals surface area contributed by atoms with Gasteiger partial charge in [0.05, 0.1) is 32.4 Å². The number of piperidine rings is 1. The van der Waals surface area contributed by atoms with Gasteiger partial charge >= 0.3 is 6.09 Å². The molecule has 3 aromatic heterocycles. The molecule has 226 valence electrons. The third-order valence-electron chi connectivity index (χ3n) is 7.13. The molecular formula is C31H35N5O6S. The highest BCUT2D eigenvalue weighted by Crippen LogP contribution is 2.38. The first kappa shape index (κ1) is 28.7. The molecule has 1 saturated heterocycles. The van der Waals surface area contributed by atoms with E-state index in [9.17, 15) is 4.79 Å². The summed E-state index contributed by atoms with van der Waals surface area (Å²) in [4.78, 5) is 19.8. The molecule has 6 rings (SSSR count). The molecule has 1 aliphatic rings. The molecule has 1 atom stereocenters. The van der Waals surface area contributed by atoms with Gasteiger partial charge in [-0.1, -0.05) is 0 Å². The molecule has 0 radical (unpaired) electrons. The van der Waals surface area contributed by atoms with Gasteiger partial charge in [-0.05, 0) is 75.3 Å². The predicted octanol–water partition coefficient (Wildman–Crippen LogP) is 6.86. The van der Waals surface area contributed by atoms with Gasteiger partial charge in [-0.3, -0.25) is 5.32 Å². The largest absolute Gasteiger partial charge is 0.496 e. The van der Waals surface area contributed by atoms with Crippen LogP contribution in [0.15, 0.2) is 53.1 Å².